The lowest BCUT2D eigenvalue weighted by Crippen LogP contribution is -2.07. The molecule has 0 amide bonds. The molecule has 82 valence electrons. The maximum Gasteiger partial charge on any atom is 0.170 e. The van der Waals surface area contributed by atoms with Crippen LogP contribution in [0.25, 0.3) is 11.3 Å². The summed E-state index contributed by atoms with van der Waals surface area (Å²) in [4.78, 5) is 11.1. The first kappa shape index (κ1) is 10.5. The van der Waals surface area contributed by atoms with Gasteiger partial charge in [0.2, 0.25) is 0 Å². The van der Waals surface area contributed by atoms with Crippen molar-refractivity contribution in [3.63, 3.8) is 0 Å². The van der Waals surface area contributed by atoms with Crippen LogP contribution >= 0.6 is 0 Å². The predicted octanol–water partition coefficient (Wildman–Crippen LogP) is 2.34. The van der Waals surface area contributed by atoms with E-state index in [9.17, 15) is 4.79 Å². The van der Waals surface area contributed by atoms with Gasteiger partial charge in [0, 0.05) is 11.6 Å². The van der Waals surface area contributed by atoms with Crippen molar-refractivity contribution < 1.29 is 4.79 Å². The number of hydrogen-bond acceptors (Lipinski definition) is 3. The van der Waals surface area contributed by atoms with E-state index in [0.29, 0.717) is 11.4 Å². The minimum absolute atomic E-state index is 0.130. The second-order valence-corrected chi connectivity index (χ2v) is 3.85. The summed E-state index contributed by atoms with van der Waals surface area (Å²) in [6.45, 7) is 3.94. The number of aromatic nitrogens is 3. The van der Waals surface area contributed by atoms with Gasteiger partial charge in [0.1, 0.15) is 11.4 Å². The van der Waals surface area contributed by atoms with Gasteiger partial charge in [-0.25, -0.2) is 4.68 Å². The van der Waals surface area contributed by atoms with Gasteiger partial charge in [-0.05, 0) is 13.8 Å². The molecule has 0 fully saturated rings. The van der Waals surface area contributed by atoms with E-state index < -0.39 is 0 Å². The smallest absolute Gasteiger partial charge is 0.170 e. The summed E-state index contributed by atoms with van der Waals surface area (Å²) in [6, 6.07) is 9.72. The predicted molar refractivity (Wildman–Crippen MR) is 61.2 cm³/mol. The Balaban J connectivity index is 2.55. The van der Waals surface area contributed by atoms with Crippen LogP contribution in [0.1, 0.15) is 30.4 Å². The number of aldehydes is 1. The first-order valence-electron chi connectivity index (χ1n) is 5.20. The van der Waals surface area contributed by atoms with E-state index in [1.54, 1.807) is 4.68 Å². The molecule has 1 aromatic heterocycles. The van der Waals surface area contributed by atoms with Crippen molar-refractivity contribution >= 4 is 6.29 Å². The zero-order valence-corrected chi connectivity index (χ0v) is 9.29. The van der Waals surface area contributed by atoms with E-state index in [2.05, 4.69) is 10.3 Å². The molecule has 0 aliphatic heterocycles. The molecule has 0 saturated heterocycles. The summed E-state index contributed by atoms with van der Waals surface area (Å²) in [5.41, 5.74) is 2.09. The average molecular weight is 215 g/mol. The molecular formula is C12H13N3O. The maximum absolute atomic E-state index is 11.1. The van der Waals surface area contributed by atoms with Crippen LogP contribution in [-0.4, -0.2) is 21.3 Å². The first-order valence-corrected chi connectivity index (χ1v) is 5.20. The van der Waals surface area contributed by atoms with Gasteiger partial charge >= 0.3 is 0 Å². The molecule has 0 N–H and O–H groups in total. The minimum Gasteiger partial charge on any atom is -0.296 e. The van der Waals surface area contributed by atoms with Crippen LogP contribution in [0.5, 0.6) is 0 Å². The minimum atomic E-state index is 0.130. The fraction of sp³-hybridized carbons (Fsp3) is 0.250. The lowest BCUT2D eigenvalue weighted by atomic mass is 10.1. The zero-order valence-electron chi connectivity index (χ0n) is 9.29. The molecule has 0 aliphatic rings. The zero-order chi connectivity index (χ0) is 11.5. The largest absolute Gasteiger partial charge is 0.296 e. The van der Waals surface area contributed by atoms with Gasteiger partial charge in [0.05, 0.1) is 0 Å². The van der Waals surface area contributed by atoms with Crippen molar-refractivity contribution in [3.8, 4) is 11.3 Å². The Labute approximate surface area is 93.9 Å². The monoisotopic (exact) mass is 215 g/mol. The van der Waals surface area contributed by atoms with E-state index >= 15 is 0 Å². The molecule has 4 heteroatoms. The van der Waals surface area contributed by atoms with Gasteiger partial charge in [0.25, 0.3) is 0 Å². The van der Waals surface area contributed by atoms with Crippen molar-refractivity contribution in [1.29, 1.82) is 0 Å². The van der Waals surface area contributed by atoms with E-state index in [1.807, 2.05) is 44.2 Å². The lowest BCUT2D eigenvalue weighted by Gasteiger charge is -2.05. The molecule has 0 radical (unpaired) electrons. The normalized spacial score (nSPS) is 10.7. The maximum atomic E-state index is 11.1. The second kappa shape index (κ2) is 4.26. The number of carbonyl (C=O) groups excluding carboxylic acids is 1. The summed E-state index contributed by atoms with van der Waals surface area (Å²) in [6.07, 6.45) is 0.808. The van der Waals surface area contributed by atoms with Crippen LogP contribution in [0, 0.1) is 0 Å². The molecule has 2 rings (SSSR count). The number of rotatable bonds is 3. The lowest BCUT2D eigenvalue weighted by molar-refractivity contribution is 0.111. The van der Waals surface area contributed by atoms with Crippen LogP contribution in [0.2, 0.25) is 0 Å². The Bertz CT molecular complexity index is 488. The van der Waals surface area contributed by atoms with Gasteiger partial charge < -0.3 is 0 Å². The van der Waals surface area contributed by atoms with Gasteiger partial charge in [-0.15, -0.1) is 5.10 Å². The van der Waals surface area contributed by atoms with Crippen molar-refractivity contribution in [2.45, 2.75) is 19.9 Å². The number of carbonyl (C=O) groups is 1. The van der Waals surface area contributed by atoms with Crippen LogP contribution in [0.15, 0.2) is 30.3 Å². The summed E-state index contributed by atoms with van der Waals surface area (Å²) in [5.74, 6) is 0. The number of benzene rings is 1. The molecule has 2 aromatic rings. The molecule has 0 atom stereocenters. The van der Waals surface area contributed by atoms with E-state index in [1.165, 1.54) is 0 Å². The van der Waals surface area contributed by atoms with Gasteiger partial charge in [0.15, 0.2) is 6.29 Å². The summed E-state index contributed by atoms with van der Waals surface area (Å²) < 4.78 is 1.63. The third-order valence-corrected chi connectivity index (χ3v) is 2.38. The van der Waals surface area contributed by atoms with Crippen LogP contribution in [-0.2, 0) is 0 Å². The summed E-state index contributed by atoms with van der Waals surface area (Å²) in [5, 5.41) is 8.06. The Morgan fingerprint density at radius 1 is 1.25 bits per heavy atom. The Kier molecular flexibility index (Phi) is 2.81. The summed E-state index contributed by atoms with van der Waals surface area (Å²) >= 11 is 0. The standard InChI is InChI=1S/C12H13N3O/c1-9(2)15-11(8-16)12(13-14-15)10-6-4-3-5-7-10/h3-9H,1-2H3. The van der Waals surface area contributed by atoms with Gasteiger partial charge in [-0.3, -0.25) is 4.79 Å². The molecular weight excluding hydrogens is 202 g/mol. The van der Waals surface area contributed by atoms with E-state index in [0.717, 1.165) is 11.8 Å². The topological polar surface area (TPSA) is 47.8 Å². The highest BCUT2D eigenvalue weighted by atomic mass is 16.1. The van der Waals surface area contributed by atoms with Gasteiger partial charge in [-0.2, -0.15) is 0 Å². The van der Waals surface area contributed by atoms with Crippen molar-refractivity contribution in [2.24, 2.45) is 0 Å². The number of hydrogen-bond donors (Lipinski definition) is 0. The molecule has 0 aliphatic carbocycles. The van der Waals surface area contributed by atoms with Crippen LogP contribution < -0.4 is 0 Å². The fourth-order valence-electron chi connectivity index (χ4n) is 1.59. The van der Waals surface area contributed by atoms with Crippen molar-refractivity contribution in [1.82, 2.24) is 15.0 Å². The van der Waals surface area contributed by atoms with Crippen molar-refractivity contribution in [2.75, 3.05) is 0 Å². The second-order valence-electron chi connectivity index (χ2n) is 3.85. The molecule has 4 nitrogen and oxygen atoms in total. The Hall–Kier alpha value is -1.97. The highest BCUT2D eigenvalue weighted by Gasteiger charge is 2.15. The van der Waals surface area contributed by atoms with Gasteiger partial charge in [-0.1, -0.05) is 35.5 Å². The Morgan fingerprint density at radius 3 is 2.50 bits per heavy atom. The van der Waals surface area contributed by atoms with E-state index in [4.69, 9.17) is 0 Å². The average Bonchev–Trinajstić information content (AvgIpc) is 2.73. The van der Waals surface area contributed by atoms with Crippen molar-refractivity contribution in [3.05, 3.63) is 36.0 Å². The molecule has 0 spiro atoms. The molecule has 1 heterocycles. The molecule has 1 aromatic carbocycles. The number of nitrogens with zero attached hydrogens (tertiary/aromatic N) is 3. The van der Waals surface area contributed by atoms with Crippen LogP contribution in [0.4, 0.5) is 0 Å². The highest BCUT2D eigenvalue weighted by Crippen LogP contribution is 2.21. The fourth-order valence-corrected chi connectivity index (χ4v) is 1.59. The molecule has 0 unspecified atom stereocenters. The molecule has 0 bridgehead atoms. The van der Waals surface area contributed by atoms with E-state index in [-0.39, 0.29) is 6.04 Å². The van der Waals surface area contributed by atoms with Crippen LogP contribution in [0.3, 0.4) is 0 Å². The first-order chi connectivity index (χ1) is 7.74. The molecule has 16 heavy (non-hydrogen) atoms. The third-order valence-electron chi connectivity index (χ3n) is 2.38. The Morgan fingerprint density at radius 2 is 1.94 bits per heavy atom. The highest BCUT2D eigenvalue weighted by molar-refractivity contribution is 5.83. The molecule has 0 saturated carbocycles. The quantitative estimate of drug-likeness (QED) is 0.738. The SMILES string of the molecule is CC(C)n1nnc(-c2ccccc2)c1C=O. The summed E-state index contributed by atoms with van der Waals surface area (Å²) in [7, 11) is 0. The third kappa shape index (κ3) is 1.74.